The van der Waals surface area contributed by atoms with Gasteiger partial charge in [0.05, 0.1) is 6.10 Å². The molecule has 3 N–H and O–H groups in total. The number of benzene rings is 2. The molecule has 0 saturated heterocycles. The maximum atomic E-state index is 10.2. The summed E-state index contributed by atoms with van der Waals surface area (Å²) in [6.07, 6.45) is -0.536. The Morgan fingerprint density at radius 1 is 1.05 bits per heavy atom. The van der Waals surface area contributed by atoms with Gasteiger partial charge in [-0.1, -0.05) is 44.2 Å². The van der Waals surface area contributed by atoms with Crippen LogP contribution in [0.2, 0.25) is 0 Å². The summed E-state index contributed by atoms with van der Waals surface area (Å²) in [5, 5.41) is 10.2. The van der Waals surface area contributed by atoms with E-state index in [1.807, 2.05) is 24.3 Å². The Hall–Kier alpha value is -1.45. The molecular formula is C17H21NOS. The van der Waals surface area contributed by atoms with E-state index in [4.69, 9.17) is 5.73 Å². The fourth-order valence-electron chi connectivity index (χ4n) is 2.03. The van der Waals surface area contributed by atoms with Crippen molar-refractivity contribution < 1.29 is 5.11 Å². The Balaban J connectivity index is 1.96. The third-order valence-corrected chi connectivity index (χ3v) is 4.40. The fraction of sp³-hybridized carbons (Fsp3) is 0.294. The van der Waals surface area contributed by atoms with Crippen LogP contribution in [0.1, 0.15) is 37.0 Å². The molecule has 0 spiro atoms. The van der Waals surface area contributed by atoms with Crippen molar-refractivity contribution in [3.8, 4) is 0 Å². The van der Waals surface area contributed by atoms with Gasteiger partial charge in [0, 0.05) is 21.9 Å². The molecule has 20 heavy (non-hydrogen) atoms. The topological polar surface area (TPSA) is 46.2 Å². The van der Waals surface area contributed by atoms with E-state index >= 15 is 0 Å². The Morgan fingerprint density at radius 3 is 2.30 bits per heavy atom. The van der Waals surface area contributed by atoms with E-state index in [9.17, 15) is 5.11 Å². The summed E-state index contributed by atoms with van der Waals surface area (Å²) in [6.45, 7) is 4.37. The zero-order chi connectivity index (χ0) is 14.5. The monoisotopic (exact) mass is 287 g/mol. The van der Waals surface area contributed by atoms with Gasteiger partial charge in [-0.25, -0.2) is 0 Å². The molecule has 1 atom stereocenters. The van der Waals surface area contributed by atoms with Crippen LogP contribution in [-0.2, 0) is 0 Å². The number of thioether (sulfide) groups is 1. The maximum absolute atomic E-state index is 10.2. The molecule has 0 aliphatic heterocycles. The maximum Gasteiger partial charge on any atom is 0.0903 e. The average molecular weight is 287 g/mol. The van der Waals surface area contributed by atoms with Crippen LogP contribution < -0.4 is 5.73 Å². The average Bonchev–Trinajstić information content (AvgIpc) is 2.45. The standard InChI is InChI=1S/C17H21NOS/c1-12(2)13-7-9-14(10-8-13)20-11-17(19)15-5-3-4-6-16(15)18/h3-10,12,17,19H,11,18H2,1-2H3. The second kappa shape index (κ2) is 6.82. The van der Waals surface area contributed by atoms with E-state index in [0.29, 0.717) is 17.4 Å². The van der Waals surface area contributed by atoms with Crippen LogP contribution in [-0.4, -0.2) is 10.9 Å². The summed E-state index contributed by atoms with van der Waals surface area (Å²) in [6, 6.07) is 16.0. The minimum atomic E-state index is -0.536. The lowest BCUT2D eigenvalue weighted by atomic mass is 10.0. The highest BCUT2D eigenvalue weighted by molar-refractivity contribution is 7.99. The molecule has 0 radical (unpaired) electrons. The molecule has 2 rings (SSSR count). The molecule has 0 aliphatic carbocycles. The normalized spacial score (nSPS) is 12.6. The quantitative estimate of drug-likeness (QED) is 0.639. The molecule has 0 amide bonds. The van der Waals surface area contributed by atoms with Gasteiger partial charge in [-0.05, 0) is 29.7 Å². The summed E-state index contributed by atoms with van der Waals surface area (Å²) in [7, 11) is 0. The lowest BCUT2D eigenvalue weighted by molar-refractivity contribution is 0.205. The molecule has 0 heterocycles. The highest BCUT2D eigenvalue weighted by Gasteiger charge is 2.11. The number of aliphatic hydroxyl groups excluding tert-OH is 1. The van der Waals surface area contributed by atoms with Gasteiger partial charge in [0.15, 0.2) is 0 Å². The molecule has 2 aromatic carbocycles. The summed E-state index contributed by atoms with van der Waals surface area (Å²) < 4.78 is 0. The summed E-state index contributed by atoms with van der Waals surface area (Å²) in [5.41, 5.74) is 8.66. The van der Waals surface area contributed by atoms with Crippen LogP contribution >= 0.6 is 11.8 Å². The number of anilines is 1. The summed E-state index contributed by atoms with van der Waals surface area (Å²) in [5.74, 6) is 1.15. The zero-order valence-electron chi connectivity index (χ0n) is 11.9. The Bertz CT molecular complexity index is 551. The van der Waals surface area contributed by atoms with Crippen molar-refractivity contribution in [3.05, 3.63) is 59.7 Å². The number of aliphatic hydroxyl groups is 1. The van der Waals surface area contributed by atoms with E-state index in [-0.39, 0.29) is 0 Å². The first kappa shape index (κ1) is 14.9. The first-order chi connectivity index (χ1) is 9.58. The molecule has 0 saturated carbocycles. The van der Waals surface area contributed by atoms with Crippen LogP contribution in [0.15, 0.2) is 53.4 Å². The van der Waals surface area contributed by atoms with E-state index in [1.54, 1.807) is 11.8 Å². The molecule has 3 heteroatoms. The van der Waals surface area contributed by atoms with Crippen LogP contribution in [0.4, 0.5) is 5.69 Å². The number of nitrogen functional groups attached to an aromatic ring is 1. The number of nitrogens with two attached hydrogens (primary N) is 1. The lowest BCUT2D eigenvalue weighted by Crippen LogP contribution is -2.04. The molecule has 2 aromatic rings. The third kappa shape index (κ3) is 3.78. The van der Waals surface area contributed by atoms with Gasteiger partial charge in [-0.3, -0.25) is 0 Å². The van der Waals surface area contributed by atoms with Crippen molar-refractivity contribution in [1.82, 2.24) is 0 Å². The Labute approximate surface area is 125 Å². The molecule has 0 aromatic heterocycles. The van der Waals surface area contributed by atoms with E-state index in [1.165, 1.54) is 10.5 Å². The summed E-state index contributed by atoms with van der Waals surface area (Å²) >= 11 is 1.65. The zero-order valence-corrected chi connectivity index (χ0v) is 12.7. The van der Waals surface area contributed by atoms with Crippen molar-refractivity contribution >= 4 is 17.4 Å². The second-order valence-corrected chi connectivity index (χ2v) is 6.27. The number of para-hydroxylation sites is 1. The van der Waals surface area contributed by atoms with Gasteiger partial charge in [0.25, 0.3) is 0 Å². The van der Waals surface area contributed by atoms with Crippen LogP contribution in [0.5, 0.6) is 0 Å². The summed E-state index contributed by atoms with van der Waals surface area (Å²) in [4.78, 5) is 1.17. The Kier molecular flexibility index (Phi) is 5.10. The van der Waals surface area contributed by atoms with Crippen molar-refractivity contribution in [3.63, 3.8) is 0 Å². The minimum Gasteiger partial charge on any atom is -0.398 e. The van der Waals surface area contributed by atoms with Crippen molar-refractivity contribution in [2.45, 2.75) is 30.8 Å². The molecule has 0 aliphatic rings. The minimum absolute atomic E-state index is 0.536. The first-order valence-corrected chi connectivity index (χ1v) is 7.81. The van der Waals surface area contributed by atoms with Gasteiger partial charge >= 0.3 is 0 Å². The third-order valence-electron chi connectivity index (χ3n) is 3.31. The van der Waals surface area contributed by atoms with Crippen molar-refractivity contribution in [2.75, 3.05) is 11.5 Å². The number of hydrogen-bond acceptors (Lipinski definition) is 3. The molecule has 0 fully saturated rings. The molecular weight excluding hydrogens is 266 g/mol. The van der Waals surface area contributed by atoms with Gasteiger partial charge < -0.3 is 10.8 Å². The number of hydrogen-bond donors (Lipinski definition) is 2. The van der Waals surface area contributed by atoms with Crippen LogP contribution in [0.3, 0.4) is 0 Å². The molecule has 0 bridgehead atoms. The predicted molar refractivity (Wildman–Crippen MR) is 87.1 cm³/mol. The van der Waals surface area contributed by atoms with Gasteiger partial charge in [-0.15, -0.1) is 11.8 Å². The molecule has 2 nitrogen and oxygen atoms in total. The van der Waals surface area contributed by atoms with Crippen molar-refractivity contribution in [2.24, 2.45) is 0 Å². The van der Waals surface area contributed by atoms with E-state index in [2.05, 4.69) is 38.1 Å². The van der Waals surface area contributed by atoms with Crippen LogP contribution in [0.25, 0.3) is 0 Å². The molecule has 1 unspecified atom stereocenters. The smallest absolute Gasteiger partial charge is 0.0903 e. The van der Waals surface area contributed by atoms with Crippen molar-refractivity contribution in [1.29, 1.82) is 0 Å². The van der Waals surface area contributed by atoms with Crippen LogP contribution in [0, 0.1) is 0 Å². The number of rotatable bonds is 5. The highest BCUT2D eigenvalue weighted by Crippen LogP contribution is 2.28. The SMILES string of the molecule is CC(C)c1ccc(SCC(O)c2ccccc2N)cc1. The van der Waals surface area contributed by atoms with Gasteiger partial charge in [0.2, 0.25) is 0 Å². The Morgan fingerprint density at radius 2 is 1.70 bits per heavy atom. The fourth-order valence-corrected chi connectivity index (χ4v) is 2.89. The van der Waals surface area contributed by atoms with E-state index < -0.39 is 6.10 Å². The highest BCUT2D eigenvalue weighted by atomic mass is 32.2. The van der Waals surface area contributed by atoms with E-state index in [0.717, 1.165) is 5.56 Å². The first-order valence-electron chi connectivity index (χ1n) is 6.83. The molecule has 106 valence electrons. The lowest BCUT2D eigenvalue weighted by Gasteiger charge is -2.13. The van der Waals surface area contributed by atoms with Gasteiger partial charge in [-0.2, -0.15) is 0 Å². The predicted octanol–water partition coefficient (Wildman–Crippen LogP) is 4.22. The van der Waals surface area contributed by atoms with Gasteiger partial charge in [0.1, 0.15) is 0 Å². The largest absolute Gasteiger partial charge is 0.398 e. The second-order valence-electron chi connectivity index (χ2n) is 5.18.